The number of hydrogen-bond donors (Lipinski definition) is 1. The fourth-order valence-corrected chi connectivity index (χ4v) is 2.00. The van der Waals surface area contributed by atoms with E-state index in [1.807, 2.05) is 0 Å². The minimum Gasteiger partial charge on any atom is -0.464 e. The van der Waals surface area contributed by atoms with Crippen molar-refractivity contribution >= 4 is 11.8 Å². The van der Waals surface area contributed by atoms with Gasteiger partial charge in [-0.3, -0.25) is 4.98 Å². The van der Waals surface area contributed by atoms with Crippen molar-refractivity contribution in [1.82, 2.24) is 14.9 Å². The predicted molar refractivity (Wildman–Crippen MR) is 67.5 cm³/mol. The number of ether oxygens (including phenoxy) is 1. The molecular formula is C12H18N4O2. The van der Waals surface area contributed by atoms with E-state index in [0.717, 1.165) is 13.1 Å². The molecule has 1 N–H and O–H groups in total. The van der Waals surface area contributed by atoms with Crippen LogP contribution in [0.4, 0.5) is 5.82 Å². The van der Waals surface area contributed by atoms with Crippen molar-refractivity contribution in [3.05, 3.63) is 18.1 Å². The van der Waals surface area contributed by atoms with Gasteiger partial charge in [0.2, 0.25) is 0 Å². The standard InChI is InChI=1S/C12H18N4O2/c1-18-12(17)10-8-13-9-11(15-10)14-4-7-16-5-2-3-6-16/h8-9H,2-7H2,1H3,(H,14,15). The normalized spacial score (nSPS) is 15.6. The Balaban J connectivity index is 1.83. The average Bonchev–Trinajstić information content (AvgIpc) is 2.91. The van der Waals surface area contributed by atoms with Gasteiger partial charge in [0.05, 0.1) is 19.5 Å². The fraction of sp³-hybridized carbons (Fsp3) is 0.583. The van der Waals surface area contributed by atoms with Crippen molar-refractivity contribution in [3.63, 3.8) is 0 Å². The van der Waals surface area contributed by atoms with Crippen LogP contribution in [-0.4, -0.2) is 54.1 Å². The number of methoxy groups -OCH3 is 1. The minimum atomic E-state index is -0.467. The Morgan fingerprint density at radius 3 is 2.94 bits per heavy atom. The van der Waals surface area contributed by atoms with Crippen LogP contribution in [0.25, 0.3) is 0 Å². The Morgan fingerprint density at radius 2 is 2.22 bits per heavy atom. The Morgan fingerprint density at radius 1 is 1.44 bits per heavy atom. The summed E-state index contributed by atoms with van der Waals surface area (Å²) in [7, 11) is 1.33. The maximum Gasteiger partial charge on any atom is 0.358 e. The molecular weight excluding hydrogens is 232 g/mol. The molecule has 0 bridgehead atoms. The molecule has 0 aromatic carbocycles. The Hall–Kier alpha value is -1.69. The second-order valence-electron chi connectivity index (χ2n) is 4.26. The molecule has 1 fully saturated rings. The lowest BCUT2D eigenvalue weighted by molar-refractivity contribution is 0.0593. The van der Waals surface area contributed by atoms with Gasteiger partial charge < -0.3 is 15.0 Å². The number of anilines is 1. The van der Waals surface area contributed by atoms with Crippen molar-refractivity contribution in [2.45, 2.75) is 12.8 Å². The molecule has 1 saturated heterocycles. The second kappa shape index (κ2) is 6.30. The number of carbonyl (C=O) groups excluding carboxylic acids is 1. The van der Waals surface area contributed by atoms with E-state index in [0.29, 0.717) is 5.82 Å². The molecule has 1 aliphatic heterocycles. The number of rotatable bonds is 5. The van der Waals surface area contributed by atoms with E-state index in [4.69, 9.17) is 0 Å². The Kier molecular flexibility index (Phi) is 4.46. The van der Waals surface area contributed by atoms with Gasteiger partial charge >= 0.3 is 5.97 Å². The number of carbonyl (C=O) groups is 1. The van der Waals surface area contributed by atoms with Crippen LogP contribution in [0.2, 0.25) is 0 Å². The minimum absolute atomic E-state index is 0.226. The van der Waals surface area contributed by atoms with Gasteiger partial charge in [-0.1, -0.05) is 0 Å². The lowest BCUT2D eigenvalue weighted by atomic mass is 10.4. The first-order valence-electron chi connectivity index (χ1n) is 6.16. The first-order chi connectivity index (χ1) is 8.79. The molecule has 98 valence electrons. The van der Waals surface area contributed by atoms with Crippen molar-refractivity contribution < 1.29 is 9.53 Å². The SMILES string of the molecule is COC(=O)c1cncc(NCCN2CCCC2)n1. The molecule has 0 unspecified atom stereocenters. The molecule has 0 spiro atoms. The Bertz CT molecular complexity index is 405. The van der Waals surface area contributed by atoms with E-state index < -0.39 is 5.97 Å². The molecule has 1 aliphatic rings. The van der Waals surface area contributed by atoms with Gasteiger partial charge in [0.15, 0.2) is 5.69 Å². The Labute approximate surface area is 106 Å². The highest BCUT2D eigenvalue weighted by Crippen LogP contribution is 2.07. The van der Waals surface area contributed by atoms with E-state index in [9.17, 15) is 4.79 Å². The molecule has 18 heavy (non-hydrogen) atoms. The van der Waals surface area contributed by atoms with Crippen molar-refractivity contribution in [2.24, 2.45) is 0 Å². The van der Waals surface area contributed by atoms with Crippen molar-refractivity contribution in [1.29, 1.82) is 0 Å². The lowest BCUT2D eigenvalue weighted by Crippen LogP contribution is -2.26. The smallest absolute Gasteiger partial charge is 0.358 e. The molecule has 0 atom stereocenters. The quantitative estimate of drug-likeness (QED) is 0.779. The monoisotopic (exact) mass is 250 g/mol. The van der Waals surface area contributed by atoms with Gasteiger partial charge in [-0.2, -0.15) is 0 Å². The highest BCUT2D eigenvalue weighted by atomic mass is 16.5. The van der Waals surface area contributed by atoms with E-state index in [1.54, 1.807) is 6.20 Å². The summed E-state index contributed by atoms with van der Waals surface area (Å²) in [5.74, 6) is 0.141. The van der Waals surface area contributed by atoms with Gasteiger partial charge in [-0.15, -0.1) is 0 Å². The van der Waals surface area contributed by atoms with Crippen LogP contribution in [0, 0.1) is 0 Å². The predicted octanol–water partition coefficient (Wildman–Crippen LogP) is 0.771. The lowest BCUT2D eigenvalue weighted by Gasteiger charge is -2.14. The zero-order chi connectivity index (χ0) is 12.8. The maximum atomic E-state index is 11.3. The van der Waals surface area contributed by atoms with Gasteiger partial charge in [0, 0.05) is 13.1 Å². The summed E-state index contributed by atoms with van der Waals surface area (Å²) >= 11 is 0. The van der Waals surface area contributed by atoms with Gasteiger partial charge in [-0.25, -0.2) is 9.78 Å². The summed E-state index contributed by atoms with van der Waals surface area (Å²) in [6.07, 6.45) is 5.59. The number of esters is 1. The molecule has 1 aromatic rings. The third-order valence-electron chi connectivity index (χ3n) is 2.96. The number of nitrogens with one attached hydrogen (secondary N) is 1. The third kappa shape index (κ3) is 3.40. The zero-order valence-corrected chi connectivity index (χ0v) is 10.6. The second-order valence-corrected chi connectivity index (χ2v) is 4.26. The molecule has 1 aromatic heterocycles. The van der Waals surface area contributed by atoms with Crippen LogP contribution in [0.1, 0.15) is 23.3 Å². The summed E-state index contributed by atoms with van der Waals surface area (Å²) in [6, 6.07) is 0. The molecule has 2 rings (SSSR count). The van der Waals surface area contributed by atoms with Crippen LogP contribution in [0.15, 0.2) is 12.4 Å². The highest BCUT2D eigenvalue weighted by molar-refractivity contribution is 5.87. The van der Waals surface area contributed by atoms with Crippen molar-refractivity contribution in [3.8, 4) is 0 Å². The fourth-order valence-electron chi connectivity index (χ4n) is 2.00. The molecule has 0 amide bonds. The maximum absolute atomic E-state index is 11.3. The van der Waals surface area contributed by atoms with E-state index >= 15 is 0 Å². The summed E-state index contributed by atoms with van der Waals surface area (Å²) in [4.78, 5) is 21.8. The van der Waals surface area contributed by atoms with E-state index in [2.05, 4.69) is 24.9 Å². The van der Waals surface area contributed by atoms with Gasteiger partial charge in [0.1, 0.15) is 5.82 Å². The van der Waals surface area contributed by atoms with E-state index in [-0.39, 0.29) is 5.69 Å². The average molecular weight is 250 g/mol. The summed E-state index contributed by atoms with van der Waals surface area (Å²) in [5.41, 5.74) is 0.226. The third-order valence-corrected chi connectivity index (χ3v) is 2.96. The first kappa shape index (κ1) is 12.8. The van der Waals surface area contributed by atoms with E-state index in [1.165, 1.54) is 39.2 Å². The van der Waals surface area contributed by atoms with Gasteiger partial charge in [0.25, 0.3) is 0 Å². The van der Waals surface area contributed by atoms with Crippen LogP contribution in [0.3, 0.4) is 0 Å². The summed E-state index contributed by atoms with van der Waals surface area (Å²) < 4.78 is 4.60. The first-order valence-corrected chi connectivity index (χ1v) is 6.16. The highest BCUT2D eigenvalue weighted by Gasteiger charge is 2.11. The number of likely N-dealkylation sites (tertiary alicyclic amines) is 1. The number of aromatic nitrogens is 2. The van der Waals surface area contributed by atoms with Crippen LogP contribution < -0.4 is 5.32 Å². The number of hydrogen-bond acceptors (Lipinski definition) is 6. The number of nitrogens with zero attached hydrogens (tertiary/aromatic N) is 3. The molecule has 0 aliphatic carbocycles. The van der Waals surface area contributed by atoms with Crippen LogP contribution in [0.5, 0.6) is 0 Å². The molecule has 0 radical (unpaired) electrons. The van der Waals surface area contributed by atoms with Crippen molar-refractivity contribution in [2.75, 3.05) is 38.6 Å². The molecule has 2 heterocycles. The largest absolute Gasteiger partial charge is 0.464 e. The summed E-state index contributed by atoms with van der Waals surface area (Å²) in [5, 5.41) is 3.17. The van der Waals surface area contributed by atoms with Gasteiger partial charge in [-0.05, 0) is 25.9 Å². The van der Waals surface area contributed by atoms with Crippen LogP contribution >= 0.6 is 0 Å². The molecule has 6 nitrogen and oxygen atoms in total. The topological polar surface area (TPSA) is 67.3 Å². The summed E-state index contributed by atoms with van der Waals surface area (Å²) in [6.45, 7) is 4.15. The molecule has 6 heteroatoms. The molecule has 0 saturated carbocycles. The van der Waals surface area contributed by atoms with Crippen LogP contribution in [-0.2, 0) is 4.74 Å². The zero-order valence-electron chi connectivity index (χ0n) is 10.6.